The number of allylic oxidation sites excluding steroid dienone is 4. The zero-order chi connectivity index (χ0) is 36.7. The van der Waals surface area contributed by atoms with Crippen molar-refractivity contribution in [2.75, 3.05) is 0 Å². The van der Waals surface area contributed by atoms with Gasteiger partial charge in [-0.2, -0.15) is 0 Å². The van der Waals surface area contributed by atoms with Gasteiger partial charge in [0.1, 0.15) is 0 Å². The number of nitrogens with zero attached hydrogens (tertiary/aromatic N) is 4. The van der Waals surface area contributed by atoms with Crippen LogP contribution in [0.25, 0.3) is 22.3 Å². The number of fused-ring (bicyclic) bond motifs is 2. The number of hydrogen-bond donors (Lipinski definition) is 0. The van der Waals surface area contributed by atoms with E-state index in [-0.39, 0.29) is 0 Å². The van der Waals surface area contributed by atoms with Gasteiger partial charge in [-0.05, 0) is 0 Å². The van der Waals surface area contributed by atoms with Crippen molar-refractivity contribution < 1.29 is 0 Å². The first kappa shape index (κ1) is 34.3. The third-order valence-electron chi connectivity index (χ3n) is 10.1. The number of hydrogen-bond acceptors (Lipinski definition) is 2. The van der Waals surface area contributed by atoms with Gasteiger partial charge < -0.3 is 0 Å². The summed E-state index contributed by atoms with van der Waals surface area (Å²) in [6.45, 7) is 0. The van der Waals surface area contributed by atoms with Crippen LogP contribution in [0.4, 0.5) is 0 Å². The fraction of sp³-hybridized carbons (Fsp3) is 0. The Balaban J connectivity index is 1.43. The Labute approximate surface area is 343 Å². The predicted molar refractivity (Wildman–Crippen MR) is 227 cm³/mol. The molecule has 0 fully saturated rings. The van der Waals surface area contributed by atoms with Crippen LogP contribution in [0, 0.1) is 0 Å². The standard InChI is InChI=1S/C44H24Cl4N4.ClH.Tl/c45-29-9-1-25(2-10-29)41-33-17-19-35(49-33)42(26-3-11-30(46)12-4-26)37-21-23-39(51-37)44(28-7-15-32(48)16-8-28)40-24-22-38(52-40)43(36-20-18-34(41)50-36)27-5-13-31(47)14-6-27;;/h1-24H;1H;/q-2;;+3/p-1. The third kappa shape index (κ3) is 5.69. The summed E-state index contributed by atoms with van der Waals surface area (Å²) in [5, 5.41) is 4.59. The normalized spacial score (nSPS) is 15.7. The first-order valence-corrected chi connectivity index (χ1v) is 28.3. The molecular formula is C44H24Cl5N4Tl. The van der Waals surface area contributed by atoms with Crippen LogP contribution in [0.15, 0.2) is 167 Å². The van der Waals surface area contributed by atoms with Gasteiger partial charge >= 0.3 is 347 Å². The molecule has 10 rings (SSSR count). The second-order valence-corrected chi connectivity index (χ2v) is 24.8. The van der Waals surface area contributed by atoms with Gasteiger partial charge in [-0.3, -0.25) is 0 Å². The topological polar surface area (TPSA) is 34.6 Å². The van der Waals surface area contributed by atoms with Crippen LogP contribution >= 0.6 is 54.7 Å². The van der Waals surface area contributed by atoms with E-state index in [1.54, 1.807) is 0 Å². The van der Waals surface area contributed by atoms with Crippen molar-refractivity contribution in [2.24, 2.45) is 9.98 Å². The molecule has 0 spiro atoms. The molecule has 0 unspecified atom stereocenters. The molecule has 0 saturated carbocycles. The van der Waals surface area contributed by atoms with Crippen molar-refractivity contribution >= 4 is 111 Å². The molecule has 10 heteroatoms. The van der Waals surface area contributed by atoms with Crippen LogP contribution in [-0.2, 0) is 0 Å². The van der Waals surface area contributed by atoms with Gasteiger partial charge in [0.05, 0.1) is 0 Å². The summed E-state index contributed by atoms with van der Waals surface area (Å²) < 4.78 is 4.83. The third-order valence-corrected chi connectivity index (χ3v) is 22.2. The first-order chi connectivity index (χ1) is 26.3. The van der Waals surface area contributed by atoms with E-state index in [0.29, 0.717) is 20.1 Å². The summed E-state index contributed by atoms with van der Waals surface area (Å²) in [6, 6.07) is 40.5. The summed E-state index contributed by atoms with van der Waals surface area (Å²) >= 11 is 21.8. The summed E-state index contributed by atoms with van der Waals surface area (Å²) in [7, 11) is 8.33. The van der Waals surface area contributed by atoms with Gasteiger partial charge in [-0.25, -0.2) is 0 Å². The number of halogens is 5. The zero-order valence-electron chi connectivity index (χ0n) is 28.1. The van der Waals surface area contributed by atoms with Gasteiger partial charge in [0.2, 0.25) is 0 Å². The van der Waals surface area contributed by atoms with Crippen LogP contribution < -0.4 is 10.7 Å². The molecule has 0 N–H and O–H groups in total. The zero-order valence-corrected chi connectivity index (χ0v) is 36.4. The molecule has 0 atom stereocenters. The molecule has 6 aromatic rings. The van der Waals surface area contributed by atoms with Crippen LogP contribution in [0.2, 0.25) is 20.1 Å². The molecule has 54 heavy (non-hydrogen) atoms. The van der Waals surface area contributed by atoms with Crippen LogP contribution in [0.1, 0.15) is 33.6 Å². The van der Waals surface area contributed by atoms with E-state index >= 15 is 0 Å². The number of benzene rings is 4. The summed E-state index contributed by atoms with van der Waals surface area (Å²) in [5.74, 6) is 0. The van der Waals surface area contributed by atoms with Crippen molar-refractivity contribution in [3.63, 3.8) is 0 Å². The van der Waals surface area contributed by atoms with E-state index in [4.69, 9.17) is 64.7 Å². The quantitative estimate of drug-likeness (QED) is 0.158. The van der Waals surface area contributed by atoms with Crippen molar-refractivity contribution in [2.45, 2.75) is 0 Å². The molecule has 4 nitrogen and oxygen atoms in total. The molecule has 4 aromatic carbocycles. The van der Waals surface area contributed by atoms with Gasteiger partial charge in [-0.1, -0.05) is 0 Å². The van der Waals surface area contributed by atoms with E-state index < -0.39 is 22.1 Å². The van der Waals surface area contributed by atoms with Gasteiger partial charge in [0, 0.05) is 0 Å². The maximum atomic E-state index is 8.33. The molecular weight excluding hydrogens is 966 g/mol. The Kier molecular flexibility index (Phi) is 8.62. The minimum absolute atomic E-state index is 0.658. The first-order valence-electron chi connectivity index (χ1n) is 17.2. The molecule has 0 radical (unpaired) electrons. The minimum atomic E-state index is -4.05. The van der Waals surface area contributed by atoms with Crippen molar-refractivity contribution in [1.29, 1.82) is 0 Å². The monoisotopic (exact) mass is 988 g/mol. The number of aliphatic imine (C=N–C) groups is 2. The maximum absolute atomic E-state index is 8.33. The van der Waals surface area contributed by atoms with Crippen molar-refractivity contribution in [3.05, 3.63) is 221 Å². The van der Waals surface area contributed by atoms with Crippen molar-refractivity contribution in [1.82, 2.24) is 4.75 Å². The SMILES string of the molecule is Clc1ccc(C2=C3C=CC(=N3)C(c3ccc(Cl)cc3)=c3ccc4[n]3[Tl]([Cl])[n]3c2ccc3C(c2ccc(Cl)cc2)=C2C=CC(=N2)C=4c2ccc(Cl)cc2)cc1. The molecule has 6 heterocycles. The Hall–Kier alpha value is -4.15. The van der Waals surface area contributed by atoms with E-state index in [1.807, 2.05) is 48.5 Å². The average molecular weight is 990 g/mol. The molecule has 4 aliphatic heterocycles. The second kappa shape index (κ2) is 13.6. The van der Waals surface area contributed by atoms with E-state index in [2.05, 4.69) is 102 Å². The van der Waals surface area contributed by atoms with Gasteiger partial charge in [0.25, 0.3) is 0 Å². The Morgan fingerprint density at radius 1 is 0.370 bits per heavy atom. The second-order valence-electron chi connectivity index (χ2n) is 13.2. The molecule has 0 amide bonds. The van der Waals surface area contributed by atoms with Gasteiger partial charge in [0.15, 0.2) is 0 Å². The summed E-state index contributed by atoms with van der Waals surface area (Å²) in [5.41, 5.74) is 13.1. The Morgan fingerprint density at radius 3 is 1.06 bits per heavy atom. The van der Waals surface area contributed by atoms with Crippen LogP contribution in [-0.4, -0.2) is 38.3 Å². The average Bonchev–Trinajstić information content (AvgIpc) is 4.00. The van der Waals surface area contributed by atoms with Crippen molar-refractivity contribution in [3.8, 4) is 0 Å². The number of aromatic nitrogens is 2. The van der Waals surface area contributed by atoms with Crippen LogP contribution in [0.3, 0.4) is 0 Å². The fourth-order valence-electron chi connectivity index (χ4n) is 7.74. The molecule has 0 aliphatic carbocycles. The fourth-order valence-corrected chi connectivity index (χ4v) is 19.7. The molecule has 0 saturated heterocycles. The van der Waals surface area contributed by atoms with E-state index in [9.17, 15) is 0 Å². The molecule has 2 aromatic heterocycles. The molecule has 4 aliphatic rings. The predicted octanol–water partition coefficient (Wildman–Crippen LogP) is 10.5. The van der Waals surface area contributed by atoms with Crippen LogP contribution in [0.5, 0.6) is 0 Å². The Bertz CT molecular complexity index is 2700. The molecule has 258 valence electrons. The van der Waals surface area contributed by atoms with Gasteiger partial charge in [-0.15, -0.1) is 0 Å². The summed E-state index contributed by atoms with van der Waals surface area (Å²) in [4.78, 5) is 10.8. The summed E-state index contributed by atoms with van der Waals surface area (Å²) in [6.07, 6.45) is 8.40. The van der Waals surface area contributed by atoms with E-state index in [0.717, 1.165) is 89.4 Å². The van der Waals surface area contributed by atoms with E-state index in [1.165, 1.54) is 0 Å². The molecule has 6 bridgehead atoms. The Morgan fingerprint density at radius 2 is 0.704 bits per heavy atom. The number of rotatable bonds is 4.